The highest BCUT2D eigenvalue weighted by molar-refractivity contribution is 6.33. The van der Waals surface area contributed by atoms with Crippen molar-refractivity contribution in [2.24, 2.45) is 0 Å². The zero-order chi connectivity index (χ0) is 23.5. The Kier molecular flexibility index (Phi) is 6.46. The van der Waals surface area contributed by atoms with Crippen LogP contribution in [0.15, 0.2) is 48.8 Å². The van der Waals surface area contributed by atoms with E-state index >= 15 is 0 Å². The van der Waals surface area contributed by atoms with E-state index in [-0.39, 0.29) is 11.9 Å². The molecule has 33 heavy (non-hydrogen) atoms. The lowest BCUT2D eigenvalue weighted by molar-refractivity contribution is -0.141. The molecule has 1 amide bonds. The third kappa shape index (κ3) is 4.34. The van der Waals surface area contributed by atoms with Crippen molar-refractivity contribution in [1.29, 1.82) is 0 Å². The maximum Gasteiger partial charge on any atom is 0.326 e. The minimum atomic E-state index is -1.01. The summed E-state index contributed by atoms with van der Waals surface area (Å²) in [7, 11) is 2.98. The molecule has 4 rings (SSSR count). The number of amides is 1. The Hall–Kier alpha value is -3.65. The van der Waals surface area contributed by atoms with E-state index in [2.05, 4.69) is 9.97 Å². The fourth-order valence-corrected chi connectivity index (χ4v) is 4.31. The number of carbonyl (C=O) groups excluding carboxylic acids is 1. The summed E-state index contributed by atoms with van der Waals surface area (Å²) >= 11 is 6.52. The number of hydrogen-bond acceptors (Lipinski definition) is 6. The van der Waals surface area contributed by atoms with Gasteiger partial charge in [-0.3, -0.25) is 4.79 Å². The zero-order valence-electron chi connectivity index (χ0n) is 18.1. The molecule has 3 aromatic rings. The van der Waals surface area contributed by atoms with Crippen LogP contribution in [-0.2, 0) is 4.79 Å². The number of ether oxygens (including phenoxy) is 2. The molecule has 0 radical (unpaired) electrons. The van der Waals surface area contributed by atoms with E-state index in [0.717, 1.165) is 0 Å². The lowest BCUT2D eigenvalue weighted by Crippen LogP contribution is -2.40. The Labute approximate surface area is 195 Å². The first-order valence-electron chi connectivity index (χ1n) is 10.3. The first-order chi connectivity index (χ1) is 15.9. The summed E-state index contributed by atoms with van der Waals surface area (Å²) < 4.78 is 10.7. The van der Waals surface area contributed by atoms with Crippen LogP contribution in [0.2, 0.25) is 5.02 Å². The molecule has 0 saturated carbocycles. The highest BCUT2D eigenvalue weighted by Crippen LogP contribution is 2.42. The molecule has 1 saturated heterocycles. The predicted molar refractivity (Wildman–Crippen MR) is 123 cm³/mol. The van der Waals surface area contributed by atoms with Gasteiger partial charge in [-0.1, -0.05) is 29.8 Å². The molecule has 1 N–H and O–H groups in total. The standard InChI is InChI=1S/C24H22ClN3O5/c1-32-20-11-14(22(29)28-9-5-8-19(28)23(30)31)10-17(16-6-3-4-7-18(16)25)21(20)15-12-26-24(33-2)27-13-15/h3-4,6-7,10-13,19H,5,8-9H2,1-2H3,(H,30,31). The second-order valence-corrected chi connectivity index (χ2v) is 7.94. The van der Waals surface area contributed by atoms with Crippen LogP contribution >= 0.6 is 11.6 Å². The van der Waals surface area contributed by atoms with Gasteiger partial charge in [-0.15, -0.1) is 0 Å². The third-order valence-electron chi connectivity index (χ3n) is 5.63. The molecule has 170 valence electrons. The highest BCUT2D eigenvalue weighted by atomic mass is 35.5. The first kappa shape index (κ1) is 22.5. The molecule has 1 aliphatic rings. The number of nitrogens with zero attached hydrogens (tertiary/aromatic N) is 3. The van der Waals surface area contributed by atoms with Crippen molar-refractivity contribution in [1.82, 2.24) is 14.9 Å². The van der Waals surface area contributed by atoms with Crippen molar-refractivity contribution >= 4 is 23.5 Å². The number of aliphatic carboxylic acids is 1. The van der Waals surface area contributed by atoms with Gasteiger partial charge < -0.3 is 19.5 Å². The van der Waals surface area contributed by atoms with Gasteiger partial charge in [-0.25, -0.2) is 14.8 Å². The molecular weight excluding hydrogens is 446 g/mol. The van der Waals surface area contributed by atoms with Crippen LogP contribution in [0, 0.1) is 0 Å². The fraction of sp³-hybridized carbons (Fsp3) is 0.250. The number of aromatic nitrogens is 2. The quantitative estimate of drug-likeness (QED) is 0.580. The topological polar surface area (TPSA) is 102 Å². The first-order valence-corrected chi connectivity index (χ1v) is 10.7. The van der Waals surface area contributed by atoms with Crippen molar-refractivity contribution in [2.45, 2.75) is 18.9 Å². The second-order valence-electron chi connectivity index (χ2n) is 7.53. The van der Waals surface area contributed by atoms with Crippen LogP contribution in [0.25, 0.3) is 22.3 Å². The molecular formula is C24H22ClN3O5. The minimum absolute atomic E-state index is 0.220. The summed E-state index contributed by atoms with van der Waals surface area (Å²) in [6, 6.07) is 9.96. The van der Waals surface area contributed by atoms with Gasteiger partial charge in [0.2, 0.25) is 0 Å². The number of rotatable bonds is 6. The molecule has 0 bridgehead atoms. The van der Waals surface area contributed by atoms with Crippen molar-refractivity contribution in [3.8, 4) is 34.0 Å². The van der Waals surface area contributed by atoms with E-state index in [0.29, 0.717) is 58.0 Å². The van der Waals surface area contributed by atoms with Gasteiger partial charge >= 0.3 is 12.0 Å². The molecule has 1 aliphatic heterocycles. The number of carboxylic acid groups (broad SMARTS) is 1. The minimum Gasteiger partial charge on any atom is -0.496 e. The van der Waals surface area contributed by atoms with Crippen LogP contribution in [-0.4, -0.2) is 58.7 Å². The Morgan fingerprint density at radius 3 is 2.45 bits per heavy atom. The van der Waals surface area contributed by atoms with E-state index in [1.807, 2.05) is 18.2 Å². The van der Waals surface area contributed by atoms with E-state index in [1.165, 1.54) is 19.1 Å². The van der Waals surface area contributed by atoms with Crippen molar-refractivity contribution in [2.75, 3.05) is 20.8 Å². The Morgan fingerprint density at radius 1 is 1.09 bits per heavy atom. The smallest absolute Gasteiger partial charge is 0.326 e. The molecule has 0 aliphatic carbocycles. The summed E-state index contributed by atoms with van der Waals surface area (Å²) in [5.74, 6) is -0.967. The van der Waals surface area contributed by atoms with Crippen LogP contribution in [0.3, 0.4) is 0 Å². The molecule has 1 unspecified atom stereocenters. The summed E-state index contributed by atoms with van der Waals surface area (Å²) in [4.78, 5) is 34.8. The summed E-state index contributed by atoms with van der Waals surface area (Å²) in [6.45, 7) is 0.383. The van der Waals surface area contributed by atoms with E-state index in [1.54, 1.807) is 30.6 Å². The zero-order valence-corrected chi connectivity index (χ0v) is 18.9. The average molecular weight is 468 g/mol. The Balaban J connectivity index is 1.91. The number of carboxylic acids is 1. The number of hydrogen-bond donors (Lipinski definition) is 1. The van der Waals surface area contributed by atoms with Gasteiger partial charge in [-0.05, 0) is 36.6 Å². The molecule has 8 nitrogen and oxygen atoms in total. The van der Waals surface area contributed by atoms with Crippen LogP contribution in [0.4, 0.5) is 0 Å². The van der Waals surface area contributed by atoms with Crippen LogP contribution < -0.4 is 9.47 Å². The number of methoxy groups -OCH3 is 2. The molecule has 0 spiro atoms. The number of carbonyl (C=O) groups is 2. The molecule has 2 aromatic carbocycles. The largest absolute Gasteiger partial charge is 0.496 e. The van der Waals surface area contributed by atoms with Gasteiger partial charge in [0.25, 0.3) is 5.91 Å². The lowest BCUT2D eigenvalue weighted by Gasteiger charge is -2.23. The molecule has 1 aromatic heterocycles. The lowest BCUT2D eigenvalue weighted by atomic mass is 9.92. The van der Waals surface area contributed by atoms with Crippen molar-refractivity contribution < 1.29 is 24.2 Å². The summed E-state index contributed by atoms with van der Waals surface area (Å²) in [6.07, 6.45) is 4.27. The average Bonchev–Trinajstić information content (AvgIpc) is 3.33. The van der Waals surface area contributed by atoms with E-state index in [4.69, 9.17) is 21.1 Å². The Bertz CT molecular complexity index is 1200. The van der Waals surface area contributed by atoms with Gasteiger partial charge in [0, 0.05) is 46.2 Å². The number of benzene rings is 2. The van der Waals surface area contributed by atoms with Gasteiger partial charge in [-0.2, -0.15) is 0 Å². The molecule has 1 fully saturated rings. The highest BCUT2D eigenvalue weighted by Gasteiger charge is 2.35. The van der Waals surface area contributed by atoms with Crippen molar-refractivity contribution in [3.63, 3.8) is 0 Å². The van der Waals surface area contributed by atoms with Gasteiger partial charge in [0.15, 0.2) is 0 Å². The number of likely N-dealkylation sites (tertiary alicyclic amines) is 1. The molecule has 1 atom stereocenters. The normalized spacial score (nSPS) is 15.4. The van der Waals surface area contributed by atoms with Gasteiger partial charge in [0.05, 0.1) is 14.2 Å². The SMILES string of the molecule is COc1ncc(-c2c(OC)cc(C(=O)N3CCCC3C(=O)O)cc2-c2ccccc2Cl)cn1. The Morgan fingerprint density at radius 2 is 1.82 bits per heavy atom. The summed E-state index contributed by atoms with van der Waals surface area (Å²) in [5, 5.41) is 10.0. The van der Waals surface area contributed by atoms with Gasteiger partial charge in [0.1, 0.15) is 11.8 Å². The second kappa shape index (κ2) is 9.46. The maximum atomic E-state index is 13.4. The predicted octanol–water partition coefficient (Wildman–Crippen LogP) is 4.17. The molecule has 2 heterocycles. The van der Waals surface area contributed by atoms with E-state index < -0.39 is 12.0 Å². The number of halogens is 1. The fourth-order valence-electron chi connectivity index (χ4n) is 4.07. The summed E-state index contributed by atoms with van der Waals surface area (Å²) in [5.41, 5.74) is 2.94. The van der Waals surface area contributed by atoms with Crippen molar-refractivity contribution in [3.05, 3.63) is 59.4 Å². The van der Waals surface area contributed by atoms with Crippen LogP contribution in [0.1, 0.15) is 23.2 Å². The van der Waals surface area contributed by atoms with E-state index in [9.17, 15) is 14.7 Å². The third-order valence-corrected chi connectivity index (χ3v) is 5.96. The van der Waals surface area contributed by atoms with Crippen LogP contribution in [0.5, 0.6) is 11.8 Å². The molecule has 9 heteroatoms. The maximum absolute atomic E-state index is 13.4. The monoisotopic (exact) mass is 467 g/mol.